The number of nitrogens with two attached hydrogens (primary N) is 2. The fourth-order valence-electron chi connectivity index (χ4n) is 3.36. The number of nitrogens with zero attached hydrogens (tertiary/aromatic N) is 2. The van der Waals surface area contributed by atoms with E-state index < -0.39 is 48.5 Å². The molecule has 0 radical (unpaired) electrons. The Balaban J connectivity index is 0.00000108. The highest BCUT2D eigenvalue weighted by atomic mass is 19.4. The molecule has 5 N–H and O–H groups in total. The Morgan fingerprint density at radius 2 is 1.43 bits per heavy atom. The van der Waals surface area contributed by atoms with Crippen molar-refractivity contribution in [2.45, 2.75) is 72.8 Å². The van der Waals surface area contributed by atoms with Gasteiger partial charge in [0.2, 0.25) is 5.88 Å². The number of pyridine rings is 1. The van der Waals surface area contributed by atoms with E-state index >= 15 is 0 Å². The number of nitriles is 1. The minimum Gasteiger partial charge on any atom is -0.478 e. The van der Waals surface area contributed by atoms with Crippen LogP contribution in [0.15, 0.2) is 12.1 Å². The number of rotatable bonds is 6. The zero-order chi connectivity index (χ0) is 32.9. The molecule has 3 rings (SSSR count). The molecule has 13 nitrogen and oxygen atoms in total. The number of carbonyl (C=O) groups is 3. The molecular weight excluding hydrogens is 593 g/mol. The second-order valence-corrected chi connectivity index (χ2v) is 10.9. The normalized spacial score (nSPS) is 11.9. The molecule has 242 valence electrons. The fourth-order valence-corrected chi connectivity index (χ4v) is 3.36. The molecule has 1 aliphatic heterocycles. The molecular formula is C28H35F3N4O9. The molecule has 0 spiro atoms. The van der Waals surface area contributed by atoms with E-state index in [1.807, 2.05) is 6.07 Å². The van der Waals surface area contributed by atoms with Crippen LogP contribution >= 0.6 is 0 Å². The Hall–Kier alpha value is -4.94. The summed E-state index contributed by atoms with van der Waals surface area (Å²) in [6, 6.07) is 5.06. The summed E-state index contributed by atoms with van der Waals surface area (Å²) in [5.41, 5.74) is 12.0. The molecule has 1 aromatic heterocycles. The van der Waals surface area contributed by atoms with Gasteiger partial charge in [0.1, 0.15) is 34.4 Å². The van der Waals surface area contributed by atoms with E-state index in [1.165, 1.54) is 6.07 Å². The zero-order valence-electron chi connectivity index (χ0n) is 24.2. The van der Waals surface area contributed by atoms with Crippen molar-refractivity contribution in [1.82, 2.24) is 4.98 Å². The van der Waals surface area contributed by atoms with E-state index in [1.54, 1.807) is 47.6 Å². The van der Waals surface area contributed by atoms with Gasteiger partial charge in [-0.15, -0.1) is 0 Å². The smallest absolute Gasteiger partial charge is 0.478 e. The van der Waals surface area contributed by atoms with Crippen molar-refractivity contribution in [3.63, 3.8) is 0 Å². The predicted molar refractivity (Wildman–Crippen MR) is 150 cm³/mol. The monoisotopic (exact) mass is 628 g/mol. The van der Waals surface area contributed by atoms with Gasteiger partial charge >= 0.3 is 24.1 Å². The molecule has 0 saturated heterocycles. The summed E-state index contributed by atoms with van der Waals surface area (Å²) in [6.07, 6.45) is -4.83. The Labute approximate surface area is 251 Å². The highest BCUT2D eigenvalue weighted by molar-refractivity contribution is 5.75. The van der Waals surface area contributed by atoms with E-state index in [0.717, 1.165) is 0 Å². The highest BCUT2D eigenvalue weighted by Gasteiger charge is 2.38. The zero-order valence-corrected chi connectivity index (χ0v) is 24.2. The number of carboxylic acids is 1. The van der Waals surface area contributed by atoms with Gasteiger partial charge in [-0.3, -0.25) is 0 Å². The van der Waals surface area contributed by atoms with E-state index in [-0.39, 0.29) is 48.3 Å². The second kappa shape index (κ2) is 14.0. The minimum absolute atomic E-state index is 0. The van der Waals surface area contributed by atoms with Gasteiger partial charge in [0.15, 0.2) is 24.7 Å². The van der Waals surface area contributed by atoms with Crippen LogP contribution < -0.4 is 25.7 Å². The first-order valence-electron chi connectivity index (χ1n) is 12.4. The van der Waals surface area contributed by atoms with Crippen LogP contribution in [-0.2, 0) is 30.3 Å². The Morgan fingerprint density at radius 3 is 1.84 bits per heavy atom. The third-order valence-corrected chi connectivity index (χ3v) is 4.92. The number of nitrogen functional groups attached to an aromatic ring is 2. The first-order chi connectivity index (χ1) is 19.6. The van der Waals surface area contributed by atoms with Gasteiger partial charge in [-0.05, 0) is 47.6 Å². The molecule has 0 aliphatic carbocycles. The van der Waals surface area contributed by atoms with Crippen LogP contribution in [0.25, 0.3) is 0 Å². The lowest BCUT2D eigenvalue weighted by molar-refractivity contribution is -0.192. The number of aliphatic carboxylic acids is 1. The largest absolute Gasteiger partial charge is 0.490 e. The van der Waals surface area contributed by atoms with Gasteiger partial charge < -0.3 is 40.3 Å². The van der Waals surface area contributed by atoms with Crippen molar-refractivity contribution in [2.75, 3.05) is 24.7 Å². The van der Waals surface area contributed by atoms with Gasteiger partial charge in [-0.1, -0.05) is 7.43 Å². The molecule has 2 heterocycles. The number of benzene rings is 1. The standard InChI is InChI=1S/C25H30N4O7.C2HF3O2.CH4/c1-24(2,3)35-19(30)11-32-17-8-13-7-14-21(27)15(10-26)22(28)29-23(14)34-16(13)9-18(17)33-12-20(31)36-25(4,5)6;3-2(4,5)1(6)7;/h8-9H,7,11-12H2,1-6H3,(H4,27,28,29);(H,6,7);1H4. The molecule has 1 aliphatic rings. The van der Waals surface area contributed by atoms with Crippen LogP contribution in [0, 0.1) is 11.3 Å². The van der Waals surface area contributed by atoms with E-state index in [2.05, 4.69) is 4.98 Å². The number of esters is 2. The van der Waals surface area contributed by atoms with Crippen LogP contribution in [0.2, 0.25) is 0 Å². The van der Waals surface area contributed by atoms with Crippen molar-refractivity contribution >= 4 is 29.4 Å². The molecule has 44 heavy (non-hydrogen) atoms. The summed E-state index contributed by atoms with van der Waals surface area (Å²) in [5.74, 6) is -3.13. The van der Waals surface area contributed by atoms with Gasteiger partial charge in [-0.25, -0.2) is 14.4 Å². The first kappa shape index (κ1) is 37.1. The number of alkyl halides is 3. The van der Waals surface area contributed by atoms with Crippen molar-refractivity contribution in [1.29, 1.82) is 5.26 Å². The van der Waals surface area contributed by atoms with E-state index in [9.17, 15) is 28.0 Å². The number of hydrogen-bond acceptors (Lipinski definition) is 12. The summed E-state index contributed by atoms with van der Waals surface area (Å²) < 4.78 is 59.6. The average Bonchev–Trinajstić information content (AvgIpc) is 2.83. The number of anilines is 2. The van der Waals surface area contributed by atoms with Crippen LogP contribution in [-0.4, -0.2) is 58.6 Å². The summed E-state index contributed by atoms with van der Waals surface area (Å²) >= 11 is 0. The Morgan fingerprint density at radius 1 is 0.977 bits per heavy atom. The summed E-state index contributed by atoms with van der Waals surface area (Å²) in [6.45, 7) is 9.66. The topological polar surface area (TPSA) is 206 Å². The van der Waals surface area contributed by atoms with Crippen molar-refractivity contribution < 1.29 is 56.3 Å². The number of carbonyl (C=O) groups excluding carboxylic acids is 2. The lowest BCUT2D eigenvalue weighted by atomic mass is 9.98. The van der Waals surface area contributed by atoms with E-state index in [4.69, 9.17) is 45.1 Å². The van der Waals surface area contributed by atoms with Gasteiger partial charge in [-0.2, -0.15) is 23.4 Å². The number of carboxylic acid groups (broad SMARTS) is 1. The van der Waals surface area contributed by atoms with Gasteiger partial charge in [0.25, 0.3) is 0 Å². The van der Waals surface area contributed by atoms with Crippen molar-refractivity contribution in [2.24, 2.45) is 0 Å². The highest BCUT2D eigenvalue weighted by Crippen LogP contribution is 2.44. The fraction of sp³-hybridized carbons (Fsp3) is 0.464. The van der Waals surface area contributed by atoms with Crippen LogP contribution in [0.5, 0.6) is 23.1 Å². The maximum absolute atomic E-state index is 12.2. The molecule has 0 saturated carbocycles. The first-order valence-corrected chi connectivity index (χ1v) is 12.4. The maximum Gasteiger partial charge on any atom is 0.490 e. The Bertz CT molecular complexity index is 1440. The molecule has 16 heteroatoms. The summed E-state index contributed by atoms with van der Waals surface area (Å²) in [5, 5.41) is 16.5. The van der Waals surface area contributed by atoms with Gasteiger partial charge in [0.05, 0.1) is 5.69 Å². The molecule has 0 atom stereocenters. The number of ether oxygens (including phenoxy) is 5. The lowest BCUT2D eigenvalue weighted by Crippen LogP contribution is -2.28. The predicted octanol–water partition coefficient (Wildman–Crippen LogP) is 4.52. The molecule has 1 aromatic carbocycles. The molecule has 0 amide bonds. The quantitative estimate of drug-likeness (QED) is 0.321. The van der Waals surface area contributed by atoms with Crippen LogP contribution in [0.1, 0.15) is 65.7 Å². The number of aromatic nitrogens is 1. The molecule has 0 fully saturated rings. The maximum atomic E-state index is 12.2. The second-order valence-electron chi connectivity index (χ2n) is 10.9. The minimum atomic E-state index is -5.08. The third-order valence-electron chi connectivity index (χ3n) is 4.92. The molecule has 0 bridgehead atoms. The SMILES string of the molecule is C.CC(C)(C)OC(=O)COc1cc2c(cc1OCC(=O)OC(C)(C)C)Oc1nc(N)c(C#N)c(N)c1C2.O=C(O)C(F)(F)F. The number of fused-ring (bicyclic) bond motifs is 2. The third kappa shape index (κ3) is 10.7. The number of halogens is 3. The molecule has 2 aromatic rings. The lowest BCUT2D eigenvalue weighted by Gasteiger charge is -2.24. The van der Waals surface area contributed by atoms with Crippen LogP contribution in [0.4, 0.5) is 24.7 Å². The van der Waals surface area contributed by atoms with Gasteiger partial charge in [0, 0.05) is 23.6 Å². The van der Waals surface area contributed by atoms with Crippen molar-refractivity contribution in [3.05, 3.63) is 28.8 Å². The van der Waals surface area contributed by atoms with Crippen molar-refractivity contribution in [3.8, 4) is 29.2 Å². The average molecular weight is 629 g/mol. The Kier molecular flexibility index (Phi) is 11.8. The van der Waals surface area contributed by atoms with Crippen LogP contribution in [0.3, 0.4) is 0 Å². The van der Waals surface area contributed by atoms with E-state index in [0.29, 0.717) is 16.9 Å². The molecule has 0 unspecified atom stereocenters. The number of hydrogen-bond donors (Lipinski definition) is 3. The summed E-state index contributed by atoms with van der Waals surface area (Å²) in [4.78, 5) is 37.5. The summed E-state index contributed by atoms with van der Waals surface area (Å²) in [7, 11) is 0.